The van der Waals surface area contributed by atoms with E-state index in [1.54, 1.807) is 13.8 Å². The Kier molecular flexibility index (Phi) is 3.93. The maximum Gasteiger partial charge on any atom is 0.404 e. The fourth-order valence-electron chi connectivity index (χ4n) is 2.02. The Bertz CT molecular complexity index is 437. The molecule has 0 bridgehead atoms. The summed E-state index contributed by atoms with van der Waals surface area (Å²) >= 11 is 0. The predicted molar refractivity (Wildman–Crippen MR) is 65.0 cm³/mol. The molecule has 1 aliphatic carbocycles. The van der Waals surface area contributed by atoms with E-state index in [4.69, 9.17) is 0 Å². The van der Waals surface area contributed by atoms with Crippen molar-refractivity contribution in [2.45, 2.75) is 40.0 Å². The van der Waals surface area contributed by atoms with E-state index in [0.717, 1.165) is 19.1 Å². The van der Waals surface area contributed by atoms with Gasteiger partial charge in [-0.05, 0) is 31.9 Å². The van der Waals surface area contributed by atoms with Gasteiger partial charge in [0.25, 0.3) is 0 Å². The van der Waals surface area contributed by atoms with Crippen molar-refractivity contribution in [2.24, 2.45) is 10.8 Å². The highest BCUT2D eigenvalue weighted by Crippen LogP contribution is 2.61. The lowest BCUT2D eigenvalue weighted by Gasteiger charge is -2.44. The van der Waals surface area contributed by atoms with Gasteiger partial charge in [0.1, 0.15) is 0 Å². The molecule has 0 aromatic rings. The lowest BCUT2D eigenvalue weighted by molar-refractivity contribution is -0.356. The van der Waals surface area contributed by atoms with Crippen molar-refractivity contribution in [1.29, 1.82) is 0 Å². The standard InChI is InChI=1S/C14H16F6/c1-9-5-7-11(3,8-6-10(9)2)12(4,13(15,16)17)14(18,19)20/h5-8H,1-4H3. The molecule has 0 spiro atoms. The first kappa shape index (κ1) is 16.9. The van der Waals surface area contributed by atoms with Gasteiger partial charge >= 0.3 is 12.4 Å². The van der Waals surface area contributed by atoms with E-state index in [1.807, 2.05) is 0 Å². The van der Waals surface area contributed by atoms with Crippen LogP contribution in [-0.4, -0.2) is 12.4 Å². The molecule has 0 N–H and O–H groups in total. The van der Waals surface area contributed by atoms with Gasteiger partial charge in [-0.2, -0.15) is 26.3 Å². The third-order valence-corrected chi connectivity index (χ3v) is 4.19. The highest BCUT2D eigenvalue weighted by Gasteiger charge is 2.73. The summed E-state index contributed by atoms with van der Waals surface area (Å²) in [5.74, 6) is 0. The topological polar surface area (TPSA) is 0 Å². The molecule has 1 aliphatic rings. The van der Waals surface area contributed by atoms with E-state index < -0.39 is 23.2 Å². The Labute approximate surface area is 113 Å². The SMILES string of the molecule is CC1=C(C)C=CC(C)(C(C)(C(F)(F)F)C(F)(F)F)C=C1. The van der Waals surface area contributed by atoms with Crippen LogP contribution in [0.25, 0.3) is 0 Å². The molecule has 0 saturated carbocycles. The van der Waals surface area contributed by atoms with Crippen LogP contribution in [0.2, 0.25) is 0 Å². The molecule has 0 amide bonds. The normalized spacial score (nSPS) is 20.3. The zero-order chi connectivity index (χ0) is 16.0. The summed E-state index contributed by atoms with van der Waals surface area (Å²) in [5.41, 5.74) is -4.79. The van der Waals surface area contributed by atoms with Crippen LogP contribution in [-0.2, 0) is 0 Å². The van der Waals surface area contributed by atoms with Crippen molar-refractivity contribution in [2.75, 3.05) is 0 Å². The van der Waals surface area contributed by atoms with E-state index in [0.29, 0.717) is 11.1 Å². The molecule has 0 aromatic heterocycles. The summed E-state index contributed by atoms with van der Waals surface area (Å²) in [5, 5.41) is 0. The monoisotopic (exact) mass is 298 g/mol. The number of hydrogen-bond acceptors (Lipinski definition) is 0. The molecule has 0 unspecified atom stereocenters. The van der Waals surface area contributed by atoms with E-state index >= 15 is 0 Å². The van der Waals surface area contributed by atoms with Crippen LogP contribution in [0.15, 0.2) is 35.5 Å². The number of halogens is 6. The van der Waals surface area contributed by atoms with Gasteiger partial charge in [-0.15, -0.1) is 0 Å². The first-order valence-electron chi connectivity index (χ1n) is 5.96. The molecular weight excluding hydrogens is 282 g/mol. The van der Waals surface area contributed by atoms with E-state index in [1.165, 1.54) is 12.2 Å². The van der Waals surface area contributed by atoms with Crippen LogP contribution in [0.4, 0.5) is 26.3 Å². The number of hydrogen-bond donors (Lipinski definition) is 0. The first-order valence-corrected chi connectivity index (χ1v) is 5.96. The third-order valence-electron chi connectivity index (χ3n) is 4.19. The summed E-state index contributed by atoms with van der Waals surface area (Å²) in [6.07, 6.45) is -6.25. The average Bonchev–Trinajstić information content (AvgIpc) is 2.40. The van der Waals surface area contributed by atoms with Crippen molar-refractivity contribution in [3.63, 3.8) is 0 Å². The molecule has 6 heteroatoms. The van der Waals surface area contributed by atoms with Crippen molar-refractivity contribution >= 4 is 0 Å². The van der Waals surface area contributed by atoms with Gasteiger partial charge in [-0.25, -0.2) is 0 Å². The summed E-state index contributed by atoms with van der Waals surface area (Å²) in [6, 6.07) is 0. The van der Waals surface area contributed by atoms with Gasteiger partial charge in [0.05, 0.1) is 0 Å². The summed E-state index contributed by atoms with van der Waals surface area (Å²) in [4.78, 5) is 0. The van der Waals surface area contributed by atoms with Crippen LogP contribution < -0.4 is 0 Å². The molecule has 0 aliphatic heterocycles. The van der Waals surface area contributed by atoms with Crippen molar-refractivity contribution < 1.29 is 26.3 Å². The van der Waals surface area contributed by atoms with Crippen LogP contribution >= 0.6 is 0 Å². The highest BCUT2D eigenvalue weighted by molar-refractivity contribution is 5.38. The molecule has 0 atom stereocenters. The Hall–Kier alpha value is -1.20. The average molecular weight is 298 g/mol. The summed E-state index contributed by atoms with van der Waals surface area (Å²) in [7, 11) is 0. The molecule has 0 nitrogen and oxygen atoms in total. The minimum atomic E-state index is -5.42. The third kappa shape index (κ3) is 2.40. The van der Waals surface area contributed by atoms with E-state index in [9.17, 15) is 26.3 Å². The smallest absolute Gasteiger partial charge is 0.170 e. The zero-order valence-electron chi connectivity index (χ0n) is 11.6. The maximum atomic E-state index is 13.2. The molecule has 0 fully saturated rings. The first-order chi connectivity index (χ1) is 8.76. The minimum Gasteiger partial charge on any atom is -0.170 e. The summed E-state index contributed by atoms with van der Waals surface area (Å²) < 4.78 is 78.9. The fourth-order valence-corrected chi connectivity index (χ4v) is 2.02. The lowest BCUT2D eigenvalue weighted by atomic mass is 9.64. The number of alkyl halides is 6. The Balaban J connectivity index is 3.53. The quantitative estimate of drug-likeness (QED) is 0.554. The van der Waals surface area contributed by atoms with Crippen molar-refractivity contribution in [3.05, 3.63) is 35.5 Å². The molecular formula is C14H16F6. The number of allylic oxidation sites excluding steroid dienone is 6. The molecule has 0 saturated heterocycles. The lowest BCUT2D eigenvalue weighted by Crippen LogP contribution is -2.56. The van der Waals surface area contributed by atoms with Gasteiger partial charge in [-0.1, -0.05) is 31.2 Å². The minimum absolute atomic E-state index is 0.206. The summed E-state index contributed by atoms with van der Waals surface area (Å²) in [6.45, 7) is 4.44. The highest BCUT2D eigenvalue weighted by atomic mass is 19.4. The van der Waals surface area contributed by atoms with E-state index in [-0.39, 0.29) is 6.92 Å². The van der Waals surface area contributed by atoms with Gasteiger partial charge in [-0.3, -0.25) is 0 Å². The largest absolute Gasteiger partial charge is 0.404 e. The van der Waals surface area contributed by atoms with Crippen LogP contribution in [0.1, 0.15) is 27.7 Å². The van der Waals surface area contributed by atoms with Gasteiger partial charge in [0.2, 0.25) is 0 Å². The Morgan fingerprint density at radius 3 is 1.35 bits per heavy atom. The van der Waals surface area contributed by atoms with Crippen LogP contribution in [0.5, 0.6) is 0 Å². The second-order valence-corrected chi connectivity index (χ2v) is 5.44. The molecule has 0 aromatic carbocycles. The molecule has 20 heavy (non-hydrogen) atoms. The van der Waals surface area contributed by atoms with Gasteiger partial charge in [0, 0.05) is 5.41 Å². The second kappa shape index (κ2) is 4.67. The molecule has 114 valence electrons. The molecule has 1 rings (SSSR count). The van der Waals surface area contributed by atoms with Gasteiger partial charge in [0.15, 0.2) is 5.41 Å². The number of rotatable bonds is 1. The zero-order valence-corrected chi connectivity index (χ0v) is 11.6. The second-order valence-electron chi connectivity index (χ2n) is 5.44. The van der Waals surface area contributed by atoms with E-state index in [2.05, 4.69) is 0 Å². The van der Waals surface area contributed by atoms with Gasteiger partial charge < -0.3 is 0 Å². The molecule has 0 radical (unpaired) electrons. The maximum absolute atomic E-state index is 13.2. The predicted octanol–water partition coefficient (Wildman–Crippen LogP) is 5.59. The Morgan fingerprint density at radius 1 is 0.800 bits per heavy atom. The van der Waals surface area contributed by atoms with Crippen LogP contribution in [0.3, 0.4) is 0 Å². The molecule has 0 heterocycles. The Morgan fingerprint density at radius 2 is 1.10 bits per heavy atom. The van der Waals surface area contributed by atoms with Crippen molar-refractivity contribution in [3.8, 4) is 0 Å². The van der Waals surface area contributed by atoms with Crippen molar-refractivity contribution in [1.82, 2.24) is 0 Å². The fraction of sp³-hybridized carbons (Fsp3) is 0.571. The van der Waals surface area contributed by atoms with Crippen LogP contribution in [0, 0.1) is 10.8 Å².